The molecule has 4 heteroatoms. The highest BCUT2D eigenvalue weighted by atomic mass is 32.1. The molecule has 1 saturated carbocycles. The molecule has 1 aromatic heterocycles. The molecule has 0 bridgehead atoms. The summed E-state index contributed by atoms with van der Waals surface area (Å²) in [6, 6.07) is 10.3. The van der Waals surface area contributed by atoms with Gasteiger partial charge in [-0.2, -0.15) is 0 Å². The van der Waals surface area contributed by atoms with Crippen molar-refractivity contribution in [1.82, 2.24) is 0 Å². The number of hydrogen-bond acceptors (Lipinski definition) is 4. The Kier molecular flexibility index (Phi) is 5.02. The highest BCUT2D eigenvalue weighted by molar-refractivity contribution is 7.13. The molecule has 1 unspecified atom stereocenters. The Labute approximate surface area is 153 Å². The third kappa shape index (κ3) is 3.65. The number of aryl methyl sites for hydroxylation is 1. The number of allylic oxidation sites excluding steroid dienone is 2. The number of benzene rings is 1. The van der Waals surface area contributed by atoms with Gasteiger partial charge in [-0.25, -0.2) is 0 Å². The van der Waals surface area contributed by atoms with Crippen LogP contribution in [-0.4, -0.2) is 12.0 Å². The molecule has 0 amide bonds. The van der Waals surface area contributed by atoms with E-state index in [1.54, 1.807) is 17.4 Å². The van der Waals surface area contributed by atoms with Gasteiger partial charge in [0.05, 0.1) is 0 Å². The van der Waals surface area contributed by atoms with Crippen LogP contribution in [0.4, 0.5) is 0 Å². The van der Waals surface area contributed by atoms with Gasteiger partial charge in [-0.15, -0.1) is 11.3 Å². The molecule has 3 rings (SSSR count). The maximum absolute atomic E-state index is 13.0. The van der Waals surface area contributed by atoms with Crippen molar-refractivity contribution in [2.45, 2.75) is 38.6 Å². The van der Waals surface area contributed by atoms with Crippen LogP contribution >= 0.6 is 11.3 Å². The molecule has 3 N–H and O–H groups in total. The summed E-state index contributed by atoms with van der Waals surface area (Å²) in [5.41, 5.74) is 9.95. The molecule has 1 heterocycles. The second-order valence-electron chi connectivity index (χ2n) is 6.99. The first-order valence-corrected chi connectivity index (χ1v) is 9.47. The average Bonchev–Trinajstić information content (AvgIpc) is 3.36. The van der Waals surface area contributed by atoms with Crippen molar-refractivity contribution in [3.05, 3.63) is 58.5 Å². The molecule has 130 valence electrons. The van der Waals surface area contributed by atoms with Crippen LogP contribution in [0.2, 0.25) is 0 Å². The Morgan fingerprint density at radius 1 is 1.40 bits per heavy atom. The SMILES string of the molecule is C/C(=C\C=N)CC(=O)C(N)(c1cccc(-c2cc(C)cs2)c1)C1CC1. The molecule has 0 aliphatic heterocycles. The summed E-state index contributed by atoms with van der Waals surface area (Å²) in [5.74, 6) is 0.262. The van der Waals surface area contributed by atoms with Gasteiger partial charge in [0.1, 0.15) is 5.54 Å². The van der Waals surface area contributed by atoms with Gasteiger partial charge in [0.15, 0.2) is 5.78 Å². The van der Waals surface area contributed by atoms with Crippen LogP contribution < -0.4 is 5.73 Å². The third-order valence-electron chi connectivity index (χ3n) is 4.85. The van der Waals surface area contributed by atoms with Crippen LogP contribution in [0.15, 0.2) is 47.4 Å². The highest BCUT2D eigenvalue weighted by Crippen LogP contribution is 2.46. The Balaban J connectivity index is 1.97. The number of nitrogens with one attached hydrogen (secondary N) is 1. The van der Waals surface area contributed by atoms with E-state index in [1.807, 2.05) is 19.1 Å². The second kappa shape index (κ2) is 7.06. The van der Waals surface area contributed by atoms with Crippen molar-refractivity contribution in [2.75, 3.05) is 0 Å². The van der Waals surface area contributed by atoms with Crippen LogP contribution in [0, 0.1) is 18.3 Å². The molecule has 25 heavy (non-hydrogen) atoms. The van der Waals surface area contributed by atoms with Crippen LogP contribution in [-0.2, 0) is 10.3 Å². The summed E-state index contributed by atoms with van der Waals surface area (Å²) in [4.78, 5) is 14.2. The Morgan fingerprint density at radius 3 is 2.76 bits per heavy atom. The molecule has 1 aliphatic rings. The van der Waals surface area contributed by atoms with Crippen molar-refractivity contribution < 1.29 is 4.79 Å². The predicted octanol–water partition coefficient (Wildman–Crippen LogP) is 4.84. The molecular weight excluding hydrogens is 328 g/mol. The van der Waals surface area contributed by atoms with E-state index >= 15 is 0 Å². The van der Waals surface area contributed by atoms with E-state index in [9.17, 15) is 4.79 Å². The zero-order valence-electron chi connectivity index (χ0n) is 14.7. The molecule has 1 atom stereocenters. The average molecular weight is 353 g/mol. The molecule has 1 aliphatic carbocycles. The zero-order chi connectivity index (χ0) is 18.0. The number of rotatable bonds is 7. The van der Waals surface area contributed by atoms with Crippen molar-refractivity contribution >= 4 is 23.3 Å². The Bertz CT molecular complexity index is 832. The fourth-order valence-electron chi connectivity index (χ4n) is 3.28. The fourth-order valence-corrected chi connectivity index (χ4v) is 4.17. The molecular formula is C21H24N2OS. The van der Waals surface area contributed by atoms with Gasteiger partial charge in [0, 0.05) is 17.5 Å². The largest absolute Gasteiger partial charge is 0.315 e. The van der Waals surface area contributed by atoms with E-state index in [4.69, 9.17) is 11.1 Å². The van der Waals surface area contributed by atoms with Gasteiger partial charge in [0.25, 0.3) is 0 Å². The summed E-state index contributed by atoms with van der Waals surface area (Å²) in [6.07, 6.45) is 5.17. The van der Waals surface area contributed by atoms with E-state index < -0.39 is 5.54 Å². The molecule has 1 aromatic carbocycles. The van der Waals surface area contributed by atoms with Crippen molar-refractivity contribution in [2.24, 2.45) is 11.7 Å². The number of ketones is 1. The van der Waals surface area contributed by atoms with Gasteiger partial charge in [-0.05, 0) is 72.9 Å². The van der Waals surface area contributed by atoms with Crippen LogP contribution in [0.1, 0.15) is 37.3 Å². The van der Waals surface area contributed by atoms with Gasteiger partial charge < -0.3 is 11.1 Å². The zero-order valence-corrected chi connectivity index (χ0v) is 15.5. The molecule has 3 nitrogen and oxygen atoms in total. The number of thiophene rings is 1. The fraction of sp³-hybridized carbons (Fsp3) is 0.333. The lowest BCUT2D eigenvalue weighted by molar-refractivity contribution is -0.124. The third-order valence-corrected chi connectivity index (χ3v) is 5.94. The topological polar surface area (TPSA) is 66.9 Å². The normalized spacial score (nSPS) is 17.2. The number of carbonyl (C=O) groups excluding carboxylic acids is 1. The maximum atomic E-state index is 13.0. The van der Waals surface area contributed by atoms with E-state index in [0.29, 0.717) is 6.42 Å². The Hall–Kier alpha value is -2.04. The maximum Gasteiger partial charge on any atom is 0.161 e. The van der Waals surface area contributed by atoms with Crippen LogP contribution in [0.3, 0.4) is 0 Å². The minimum Gasteiger partial charge on any atom is -0.315 e. The predicted molar refractivity (Wildman–Crippen MR) is 105 cm³/mol. The van der Waals surface area contributed by atoms with Crippen LogP contribution in [0.5, 0.6) is 0 Å². The first kappa shape index (κ1) is 17.8. The first-order chi connectivity index (χ1) is 11.9. The molecule has 0 radical (unpaired) electrons. The van der Waals surface area contributed by atoms with Crippen molar-refractivity contribution in [1.29, 1.82) is 5.41 Å². The van der Waals surface area contributed by atoms with E-state index in [-0.39, 0.29) is 11.7 Å². The summed E-state index contributed by atoms with van der Waals surface area (Å²) < 4.78 is 0. The van der Waals surface area contributed by atoms with Gasteiger partial charge in [0.2, 0.25) is 0 Å². The van der Waals surface area contributed by atoms with Crippen LogP contribution in [0.25, 0.3) is 10.4 Å². The molecule has 0 saturated heterocycles. The van der Waals surface area contributed by atoms with Crippen molar-refractivity contribution in [3.63, 3.8) is 0 Å². The lowest BCUT2D eigenvalue weighted by Gasteiger charge is -2.29. The number of nitrogens with two attached hydrogens (primary N) is 1. The summed E-state index contributed by atoms with van der Waals surface area (Å²) in [7, 11) is 0. The molecule has 1 fully saturated rings. The smallest absolute Gasteiger partial charge is 0.161 e. The monoisotopic (exact) mass is 352 g/mol. The second-order valence-corrected chi connectivity index (χ2v) is 7.90. The summed E-state index contributed by atoms with van der Waals surface area (Å²) in [5, 5.41) is 9.31. The number of hydrogen-bond donors (Lipinski definition) is 2. The minimum atomic E-state index is -0.931. The van der Waals surface area contributed by atoms with Crippen molar-refractivity contribution in [3.8, 4) is 10.4 Å². The summed E-state index contributed by atoms with van der Waals surface area (Å²) >= 11 is 1.71. The molecule has 2 aromatic rings. The van der Waals surface area contributed by atoms with Gasteiger partial charge in [-0.1, -0.05) is 23.8 Å². The van der Waals surface area contributed by atoms with E-state index in [2.05, 4.69) is 30.5 Å². The van der Waals surface area contributed by atoms with E-state index in [0.717, 1.165) is 29.5 Å². The molecule has 0 spiro atoms. The van der Waals surface area contributed by atoms with Gasteiger partial charge >= 0.3 is 0 Å². The highest BCUT2D eigenvalue weighted by Gasteiger charge is 2.48. The summed E-state index contributed by atoms with van der Waals surface area (Å²) in [6.45, 7) is 3.96. The number of carbonyl (C=O) groups is 1. The van der Waals surface area contributed by atoms with E-state index in [1.165, 1.54) is 16.7 Å². The minimum absolute atomic E-state index is 0.0464. The lowest BCUT2D eigenvalue weighted by atomic mass is 9.79. The number of Topliss-reactive ketones (excluding diaryl/α,β-unsaturated/α-hetero) is 1. The van der Waals surface area contributed by atoms with Gasteiger partial charge in [-0.3, -0.25) is 4.79 Å². The lowest BCUT2D eigenvalue weighted by Crippen LogP contribution is -2.47. The standard InChI is InChI=1S/C21H24N2OS/c1-14(8-9-22)11-20(24)21(23,17-6-7-17)18-5-3-4-16(12-18)19-10-15(2)13-25-19/h3-5,8-10,12-13,17,22H,6-7,11,23H2,1-2H3/b14-8+,22-9?. The Morgan fingerprint density at radius 2 is 2.16 bits per heavy atom. The quantitative estimate of drug-likeness (QED) is 0.700. The first-order valence-electron chi connectivity index (χ1n) is 8.59.